The van der Waals surface area contributed by atoms with Crippen molar-refractivity contribution in [3.05, 3.63) is 28.2 Å². The third-order valence-corrected chi connectivity index (χ3v) is 3.76. The number of hydrogen-bond acceptors (Lipinski definition) is 4. The average Bonchev–Trinajstić information content (AvgIpc) is 2.47. The Labute approximate surface area is 133 Å². The second-order valence-corrected chi connectivity index (χ2v) is 5.62. The summed E-state index contributed by atoms with van der Waals surface area (Å²) in [5.41, 5.74) is 0.507. The molecule has 0 radical (unpaired) electrons. The molecule has 0 atom stereocenters. The summed E-state index contributed by atoms with van der Waals surface area (Å²) in [5.74, 6) is 0.121. The normalized spacial score (nSPS) is 10.4. The van der Waals surface area contributed by atoms with Crippen molar-refractivity contribution in [1.29, 1.82) is 0 Å². The number of benzene rings is 1. The Morgan fingerprint density at radius 2 is 1.95 bits per heavy atom. The minimum atomic E-state index is -0.335. The van der Waals surface area contributed by atoms with E-state index in [4.69, 9.17) is 4.74 Å². The van der Waals surface area contributed by atoms with Gasteiger partial charge in [0.2, 0.25) is 0 Å². The van der Waals surface area contributed by atoms with Crippen molar-refractivity contribution in [1.82, 2.24) is 4.90 Å². The molecule has 0 fully saturated rings. The fourth-order valence-corrected chi connectivity index (χ4v) is 2.27. The summed E-state index contributed by atoms with van der Waals surface area (Å²) in [7, 11) is 2.89. The Balaban J connectivity index is 2.98. The van der Waals surface area contributed by atoms with E-state index >= 15 is 0 Å². The van der Waals surface area contributed by atoms with Crippen molar-refractivity contribution in [2.75, 3.05) is 20.8 Å². The first kappa shape index (κ1) is 17.5. The molecule has 116 valence electrons. The van der Waals surface area contributed by atoms with E-state index in [1.54, 1.807) is 30.2 Å². The van der Waals surface area contributed by atoms with Gasteiger partial charge in [-0.05, 0) is 48.0 Å². The molecule has 0 N–H and O–H groups in total. The first-order valence-corrected chi connectivity index (χ1v) is 7.41. The van der Waals surface area contributed by atoms with Gasteiger partial charge in [-0.2, -0.15) is 0 Å². The van der Waals surface area contributed by atoms with Crippen LogP contribution in [0.5, 0.6) is 5.75 Å². The number of ether oxygens (including phenoxy) is 2. The summed E-state index contributed by atoms with van der Waals surface area (Å²) in [6, 6.07) is 5.19. The Bertz CT molecular complexity index is 516. The van der Waals surface area contributed by atoms with Crippen LogP contribution in [0.25, 0.3) is 0 Å². The highest BCUT2D eigenvalue weighted by molar-refractivity contribution is 9.10. The number of methoxy groups -OCH3 is 2. The van der Waals surface area contributed by atoms with Crippen molar-refractivity contribution >= 4 is 27.8 Å². The van der Waals surface area contributed by atoms with Crippen molar-refractivity contribution in [2.45, 2.75) is 26.3 Å². The largest absolute Gasteiger partial charge is 0.497 e. The average molecular weight is 358 g/mol. The highest BCUT2D eigenvalue weighted by Crippen LogP contribution is 2.24. The third kappa shape index (κ3) is 4.74. The summed E-state index contributed by atoms with van der Waals surface area (Å²) in [6.07, 6.45) is 0.169. The monoisotopic (exact) mass is 357 g/mol. The Kier molecular flexibility index (Phi) is 6.68. The molecule has 1 amide bonds. The van der Waals surface area contributed by atoms with E-state index in [0.717, 1.165) is 0 Å². The molecule has 0 bridgehead atoms. The summed E-state index contributed by atoms with van der Waals surface area (Å²) in [4.78, 5) is 25.6. The molecule has 0 saturated carbocycles. The Hall–Kier alpha value is -1.56. The number of esters is 1. The van der Waals surface area contributed by atoms with Crippen LogP contribution in [-0.2, 0) is 9.53 Å². The van der Waals surface area contributed by atoms with Gasteiger partial charge >= 0.3 is 5.97 Å². The standard InChI is InChI=1S/C15H20BrNO4/c1-10(2)17(8-7-14(18)21-4)15(19)12-9-11(20-3)5-6-13(12)16/h5-6,9-10H,7-8H2,1-4H3. The highest BCUT2D eigenvalue weighted by Gasteiger charge is 2.22. The number of rotatable bonds is 6. The molecule has 21 heavy (non-hydrogen) atoms. The maximum absolute atomic E-state index is 12.7. The van der Waals surface area contributed by atoms with Crippen LogP contribution >= 0.6 is 15.9 Å². The molecule has 5 nitrogen and oxygen atoms in total. The van der Waals surface area contributed by atoms with Crippen LogP contribution in [-0.4, -0.2) is 43.6 Å². The molecule has 1 aromatic rings. The van der Waals surface area contributed by atoms with E-state index in [1.165, 1.54) is 7.11 Å². The van der Waals surface area contributed by atoms with Gasteiger partial charge in [0, 0.05) is 17.1 Å². The SMILES string of the molecule is COC(=O)CCN(C(=O)c1cc(OC)ccc1Br)C(C)C. The number of carbonyl (C=O) groups is 2. The Morgan fingerprint density at radius 3 is 2.48 bits per heavy atom. The lowest BCUT2D eigenvalue weighted by atomic mass is 10.1. The zero-order valence-electron chi connectivity index (χ0n) is 12.7. The Morgan fingerprint density at radius 1 is 1.29 bits per heavy atom. The van der Waals surface area contributed by atoms with Crippen LogP contribution < -0.4 is 4.74 Å². The van der Waals surface area contributed by atoms with E-state index < -0.39 is 0 Å². The van der Waals surface area contributed by atoms with Crippen LogP contribution in [0, 0.1) is 0 Å². The van der Waals surface area contributed by atoms with E-state index in [-0.39, 0.29) is 24.3 Å². The molecule has 0 aromatic heterocycles. The minimum Gasteiger partial charge on any atom is -0.497 e. The summed E-state index contributed by atoms with van der Waals surface area (Å²) >= 11 is 3.38. The second-order valence-electron chi connectivity index (χ2n) is 4.76. The molecule has 0 aliphatic heterocycles. The minimum absolute atomic E-state index is 0.0275. The molecule has 6 heteroatoms. The number of hydrogen-bond donors (Lipinski definition) is 0. The quantitative estimate of drug-likeness (QED) is 0.734. The van der Waals surface area contributed by atoms with Crippen molar-refractivity contribution < 1.29 is 19.1 Å². The first-order valence-electron chi connectivity index (χ1n) is 6.62. The fraction of sp³-hybridized carbons (Fsp3) is 0.467. The molecule has 0 unspecified atom stereocenters. The number of halogens is 1. The maximum Gasteiger partial charge on any atom is 0.307 e. The van der Waals surface area contributed by atoms with E-state index in [0.29, 0.717) is 22.3 Å². The lowest BCUT2D eigenvalue weighted by molar-refractivity contribution is -0.140. The number of carbonyl (C=O) groups excluding carboxylic acids is 2. The smallest absolute Gasteiger partial charge is 0.307 e. The molecule has 0 aliphatic rings. The van der Waals surface area contributed by atoms with Crippen LogP contribution in [0.3, 0.4) is 0 Å². The molecule has 1 rings (SSSR count). The van der Waals surface area contributed by atoms with Crippen LogP contribution in [0.2, 0.25) is 0 Å². The van der Waals surface area contributed by atoms with Crippen LogP contribution in [0.15, 0.2) is 22.7 Å². The van der Waals surface area contributed by atoms with E-state index in [1.807, 2.05) is 13.8 Å². The van der Waals surface area contributed by atoms with Gasteiger partial charge < -0.3 is 14.4 Å². The van der Waals surface area contributed by atoms with Gasteiger partial charge in [0.15, 0.2) is 0 Å². The molecule has 0 aliphatic carbocycles. The topological polar surface area (TPSA) is 55.8 Å². The third-order valence-electron chi connectivity index (χ3n) is 3.07. The van der Waals surface area contributed by atoms with E-state index in [2.05, 4.69) is 20.7 Å². The van der Waals surface area contributed by atoms with Crippen LogP contribution in [0.1, 0.15) is 30.6 Å². The second kappa shape index (κ2) is 8.02. The predicted octanol–water partition coefficient (Wildman–Crippen LogP) is 2.87. The zero-order chi connectivity index (χ0) is 16.0. The molecular weight excluding hydrogens is 338 g/mol. The molecule has 0 saturated heterocycles. The summed E-state index contributed by atoms with van der Waals surface area (Å²) in [5, 5.41) is 0. The lowest BCUT2D eigenvalue weighted by Gasteiger charge is -2.27. The van der Waals surface area contributed by atoms with Crippen molar-refractivity contribution in [3.8, 4) is 5.75 Å². The van der Waals surface area contributed by atoms with Gasteiger partial charge in [-0.25, -0.2) is 0 Å². The number of amides is 1. The van der Waals surface area contributed by atoms with Crippen LogP contribution in [0.4, 0.5) is 0 Å². The fourth-order valence-electron chi connectivity index (χ4n) is 1.86. The highest BCUT2D eigenvalue weighted by atomic mass is 79.9. The maximum atomic E-state index is 12.7. The lowest BCUT2D eigenvalue weighted by Crippen LogP contribution is -2.38. The van der Waals surface area contributed by atoms with Gasteiger partial charge in [0.1, 0.15) is 5.75 Å². The molecule has 1 aromatic carbocycles. The summed E-state index contributed by atoms with van der Waals surface area (Å²) in [6.45, 7) is 4.12. The van der Waals surface area contributed by atoms with Gasteiger partial charge in [-0.3, -0.25) is 9.59 Å². The van der Waals surface area contributed by atoms with Gasteiger partial charge in [-0.15, -0.1) is 0 Å². The molecular formula is C15H20BrNO4. The van der Waals surface area contributed by atoms with Gasteiger partial charge in [0.05, 0.1) is 26.2 Å². The van der Waals surface area contributed by atoms with Gasteiger partial charge in [0.25, 0.3) is 5.91 Å². The van der Waals surface area contributed by atoms with Gasteiger partial charge in [-0.1, -0.05) is 0 Å². The van der Waals surface area contributed by atoms with Crippen molar-refractivity contribution in [2.24, 2.45) is 0 Å². The number of nitrogens with zero attached hydrogens (tertiary/aromatic N) is 1. The molecule has 0 heterocycles. The first-order chi connectivity index (χ1) is 9.90. The predicted molar refractivity (Wildman–Crippen MR) is 83.5 cm³/mol. The molecule has 0 spiro atoms. The van der Waals surface area contributed by atoms with Crippen molar-refractivity contribution in [3.63, 3.8) is 0 Å². The van der Waals surface area contributed by atoms with E-state index in [9.17, 15) is 9.59 Å². The summed E-state index contributed by atoms with van der Waals surface area (Å²) < 4.78 is 10.5. The zero-order valence-corrected chi connectivity index (χ0v) is 14.3.